The average molecular weight is 272 g/mol. The van der Waals surface area contributed by atoms with Gasteiger partial charge in [0, 0.05) is 12.3 Å². The van der Waals surface area contributed by atoms with E-state index in [9.17, 15) is 9.90 Å². The van der Waals surface area contributed by atoms with Gasteiger partial charge in [0.2, 0.25) is 0 Å². The van der Waals surface area contributed by atoms with Gasteiger partial charge in [-0.15, -0.1) is 0 Å². The number of carbonyl (C=O) groups is 1. The van der Waals surface area contributed by atoms with Crippen LogP contribution in [0.25, 0.3) is 0 Å². The maximum absolute atomic E-state index is 11.9. The molecule has 0 aromatic carbocycles. The molecule has 4 nitrogen and oxygen atoms in total. The zero-order chi connectivity index (χ0) is 13.7. The minimum Gasteiger partial charge on any atom is -0.460 e. The highest BCUT2D eigenvalue weighted by Crippen LogP contribution is 2.43. The van der Waals surface area contributed by atoms with Gasteiger partial charge in [-0.25, -0.2) is 4.79 Å². The van der Waals surface area contributed by atoms with E-state index < -0.39 is 14.4 Å². The lowest BCUT2D eigenvalue weighted by atomic mass is 10.0. The summed E-state index contributed by atoms with van der Waals surface area (Å²) in [4.78, 5) is 11.9. The fourth-order valence-corrected chi connectivity index (χ4v) is 3.74. The minimum absolute atomic E-state index is 0.0432. The molecule has 4 atom stereocenters. The van der Waals surface area contributed by atoms with E-state index in [0.29, 0.717) is 12.8 Å². The maximum atomic E-state index is 11.9. The Kier molecular flexibility index (Phi) is 3.36. The third-order valence-corrected chi connectivity index (χ3v) is 9.10. The van der Waals surface area contributed by atoms with Crippen LogP contribution < -0.4 is 0 Å². The first-order valence-electron chi connectivity index (χ1n) is 6.68. The molecule has 1 aliphatic heterocycles. The fraction of sp³-hybridized carbons (Fsp3) is 0.923. The molecule has 0 aromatic rings. The van der Waals surface area contributed by atoms with Crippen LogP contribution in [0.1, 0.15) is 33.6 Å². The Hall–Kier alpha value is -0.393. The first kappa shape index (κ1) is 14.0. The summed E-state index contributed by atoms with van der Waals surface area (Å²) in [6.45, 7) is 10.7. The normalized spacial score (nSPS) is 36.7. The Morgan fingerprint density at radius 2 is 1.94 bits per heavy atom. The molecule has 1 aliphatic carbocycles. The lowest BCUT2D eigenvalue weighted by Gasteiger charge is -2.38. The molecule has 1 heterocycles. The lowest BCUT2D eigenvalue weighted by molar-refractivity contribution is -0.147. The van der Waals surface area contributed by atoms with Crippen molar-refractivity contribution in [2.45, 2.75) is 70.1 Å². The van der Waals surface area contributed by atoms with Crippen LogP contribution in [0.3, 0.4) is 0 Å². The highest BCUT2D eigenvalue weighted by atomic mass is 28.4. The van der Waals surface area contributed by atoms with Gasteiger partial charge < -0.3 is 14.3 Å². The van der Waals surface area contributed by atoms with Gasteiger partial charge in [0.05, 0.1) is 6.10 Å². The van der Waals surface area contributed by atoms with Crippen LogP contribution in [-0.2, 0) is 14.0 Å². The molecule has 0 aromatic heterocycles. The standard InChI is InChI=1S/C13H24O4Si/c1-13(2,3)18(4,5)17-11-9-6-8(14)7-10(9)16-12(11)15/h8-11,14H,6-7H2,1-5H3/t8-,9+,10-,11+/m0/s1. The van der Waals surface area contributed by atoms with Gasteiger partial charge in [0.25, 0.3) is 0 Å². The Morgan fingerprint density at radius 3 is 2.50 bits per heavy atom. The van der Waals surface area contributed by atoms with Crippen molar-refractivity contribution in [1.82, 2.24) is 0 Å². The SMILES string of the molecule is CC(C)(C)[Si](C)(C)O[C@H]1C(=O)O[C@H]2C[C@@H](O)C[C@H]21. The minimum atomic E-state index is -1.98. The Balaban J connectivity index is 2.11. The van der Waals surface area contributed by atoms with Crippen LogP contribution in [0.2, 0.25) is 18.1 Å². The maximum Gasteiger partial charge on any atom is 0.334 e. The number of ether oxygens (including phenoxy) is 1. The molecule has 1 saturated carbocycles. The number of rotatable bonds is 2. The predicted molar refractivity (Wildman–Crippen MR) is 70.7 cm³/mol. The van der Waals surface area contributed by atoms with E-state index in [2.05, 4.69) is 33.9 Å². The number of hydrogen-bond donors (Lipinski definition) is 1. The molecule has 5 heteroatoms. The van der Waals surface area contributed by atoms with Crippen molar-refractivity contribution in [3.63, 3.8) is 0 Å². The second kappa shape index (κ2) is 4.32. The van der Waals surface area contributed by atoms with Crippen molar-refractivity contribution >= 4 is 14.3 Å². The van der Waals surface area contributed by atoms with Crippen molar-refractivity contribution in [2.24, 2.45) is 5.92 Å². The molecule has 18 heavy (non-hydrogen) atoms. The van der Waals surface area contributed by atoms with Crippen LogP contribution in [0.15, 0.2) is 0 Å². The van der Waals surface area contributed by atoms with Crippen molar-refractivity contribution in [2.75, 3.05) is 0 Å². The largest absolute Gasteiger partial charge is 0.460 e. The topological polar surface area (TPSA) is 55.8 Å². The smallest absolute Gasteiger partial charge is 0.334 e. The third-order valence-electron chi connectivity index (χ3n) is 4.64. The van der Waals surface area contributed by atoms with Crippen LogP contribution in [0.5, 0.6) is 0 Å². The van der Waals surface area contributed by atoms with Crippen molar-refractivity contribution in [3.05, 3.63) is 0 Å². The van der Waals surface area contributed by atoms with E-state index in [1.807, 2.05) is 0 Å². The fourth-order valence-electron chi connectivity index (χ4n) is 2.48. The summed E-state index contributed by atoms with van der Waals surface area (Å²) in [7, 11) is -1.98. The molecule has 2 rings (SSSR count). The molecular weight excluding hydrogens is 248 g/mol. The summed E-state index contributed by atoms with van der Waals surface area (Å²) in [5.41, 5.74) is 0. The van der Waals surface area contributed by atoms with Crippen LogP contribution in [0.4, 0.5) is 0 Å². The van der Waals surface area contributed by atoms with E-state index in [4.69, 9.17) is 9.16 Å². The summed E-state index contributed by atoms with van der Waals surface area (Å²) in [5, 5.41) is 9.73. The molecule has 0 bridgehead atoms. The molecule has 0 amide bonds. The van der Waals surface area contributed by atoms with Gasteiger partial charge in [0.15, 0.2) is 8.32 Å². The van der Waals surface area contributed by atoms with Crippen molar-refractivity contribution < 1.29 is 19.1 Å². The lowest BCUT2D eigenvalue weighted by Crippen LogP contribution is -2.46. The van der Waals surface area contributed by atoms with Crippen LogP contribution >= 0.6 is 0 Å². The zero-order valence-electron chi connectivity index (χ0n) is 11.9. The van der Waals surface area contributed by atoms with E-state index in [1.165, 1.54) is 0 Å². The molecule has 1 N–H and O–H groups in total. The summed E-state index contributed by atoms with van der Waals surface area (Å²) in [6.07, 6.45) is 0.234. The zero-order valence-corrected chi connectivity index (χ0v) is 12.9. The first-order chi connectivity index (χ1) is 8.12. The summed E-state index contributed by atoms with van der Waals surface area (Å²) >= 11 is 0. The number of esters is 1. The number of aliphatic hydroxyl groups excluding tert-OH is 1. The molecule has 0 unspecified atom stereocenters. The molecule has 2 fully saturated rings. The molecule has 1 saturated heterocycles. The van der Waals surface area contributed by atoms with Gasteiger partial charge in [-0.1, -0.05) is 20.8 Å². The Bertz CT molecular complexity index is 347. The molecule has 0 radical (unpaired) electrons. The first-order valence-corrected chi connectivity index (χ1v) is 9.59. The second-order valence-corrected chi connectivity index (χ2v) is 11.8. The predicted octanol–water partition coefficient (Wildman–Crippen LogP) is 2.07. The second-order valence-electron chi connectivity index (χ2n) is 7.06. The van der Waals surface area contributed by atoms with E-state index in [1.54, 1.807) is 0 Å². The number of hydrogen-bond acceptors (Lipinski definition) is 4. The highest BCUT2D eigenvalue weighted by molar-refractivity contribution is 6.74. The summed E-state index contributed by atoms with van der Waals surface area (Å²) < 4.78 is 11.5. The molecule has 0 spiro atoms. The number of aliphatic hydroxyl groups is 1. The highest BCUT2D eigenvalue weighted by Gasteiger charge is 2.53. The van der Waals surface area contributed by atoms with Crippen LogP contribution in [-0.4, -0.2) is 37.7 Å². The number of carbonyl (C=O) groups excluding carboxylic acids is 1. The van der Waals surface area contributed by atoms with E-state index >= 15 is 0 Å². The monoisotopic (exact) mass is 272 g/mol. The van der Waals surface area contributed by atoms with Crippen LogP contribution in [0, 0.1) is 5.92 Å². The average Bonchev–Trinajstić information content (AvgIpc) is 2.64. The summed E-state index contributed by atoms with van der Waals surface area (Å²) in [6, 6.07) is 0. The third kappa shape index (κ3) is 2.35. The van der Waals surface area contributed by atoms with Crippen molar-refractivity contribution in [3.8, 4) is 0 Å². The Morgan fingerprint density at radius 1 is 1.33 bits per heavy atom. The quantitative estimate of drug-likeness (QED) is 0.617. The van der Waals surface area contributed by atoms with E-state index in [-0.39, 0.29) is 29.1 Å². The Labute approximate surface area is 110 Å². The molecule has 104 valence electrons. The van der Waals surface area contributed by atoms with Crippen molar-refractivity contribution in [1.29, 1.82) is 0 Å². The molecule has 2 aliphatic rings. The van der Waals surface area contributed by atoms with Gasteiger partial charge in [-0.2, -0.15) is 0 Å². The number of fused-ring (bicyclic) bond motifs is 1. The van der Waals surface area contributed by atoms with E-state index in [0.717, 1.165) is 0 Å². The van der Waals surface area contributed by atoms with Gasteiger partial charge in [-0.05, 0) is 24.6 Å². The van der Waals surface area contributed by atoms with Gasteiger partial charge >= 0.3 is 5.97 Å². The van der Waals surface area contributed by atoms with Gasteiger partial charge in [0.1, 0.15) is 12.2 Å². The molecular formula is C13H24O4Si. The van der Waals surface area contributed by atoms with Gasteiger partial charge in [-0.3, -0.25) is 0 Å². The summed E-state index contributed by atoms with van der Waals surface area (Å²) in [5.74, 6) is -0.191.